The van der Waals surface area contributed by atoms with Crippen molar-refractivity contribution in [3.8, 4) is 0 Å². The van der Waals surface area contributed by atoms with Gasteiger partial charge in [0.15, 0.2) is 0 Å². The molecule has 2 nitrogen and oxygen atoms in total. The molecule has 0 aliphatic carbocycles. The third-order valence-corrected chi connectivity index (χ3v) is 2.13. The van der Waals surface area contributed by atoms with Gasteiger partial charge in [0.1, 0.15) is 0 Å². The molecule has 0 aromatic heterocycles. The van der Waals surface area contributed by atoms with Crippen LogP contribution in [0.15, 0.2) is 0 Å². The van der Waals surface area contributed by atoms with Crippen LogP contribution in [0.25, 0.3) is 0 Å². The molecule has 102 valence electrons. The molecule has 0 aromatic rings. The van der Waals surface area contributed by atoms with Crippen LogP contribution in [0.4, 0.5) is 30.7 Å². The van der Waals surface area contributed by atoms with Crippen molar-refractivity contribution in [2.75, 3.05) is 0 Å². The highest BCUT2D eigenvalue weighted by atomic mass is 35.5. The van der Waals surface area contributed by atoms with E-state index in [0.29, 0.717) is 0 Å². The molecule has 0 aliphatic heterocycles. The van der Waals surface area contributed by atoms with E-state index in [0.717, 1.165) is 0 Å². The molecule has 0 amide bonds. The molecule has 0 saturated heterocycles. The fraction of sp³-hybridized carbons (Fsp3) is 0.800. The lowest BCUT2D eigenvalue weighted by atomic mass is 10.3. The zero-order valence-electron chi connectivity index (χ0n) is 7.10. The SMILES string of the molecule is O=C(C(F)(F)F)C(F)(F)OC(F)(Cl)C(F)(Cl)Cl. The summed E-state index contributed by atoms with van der Waals surface area (Å²) in [6.45, 7) is 0. The normalized spacial score (nSPS) is 17.8. The predicted octanol–water partition coefficient (Wildman–Crippen LogP) is 3.69. The van der Waals surface area contributed by atoms with Gasteiger partial charge in [-0.2, -0.15) is 30.7 Å². The Labute approximate surface area is 104 Å². The average Bonchev–Trinajstić information content (AvgIpc) is 1.96. The van der Waals surface area contributed by atoms with Gasteiger partial charge in [0, 0.05) is 0 Å². The van der Waals surface area contributed by atoms with Crippen molar-refractivity contribution in [3.05, 3.63) is 0 Å². The Balaban J connectivity index is 5.08. The number of carbonyl (C=O) groups is 1. The van der Waals surface area contributed by atoms with Gasteiger partial charge >= 0.3 is 28.0 Å². The molecule has 0 rings (SSSR count). The smallest absolute Gasteiger partial charge is 0.280 e. The monoisotopic (exact) mass is 330 g/mol. The number of Topliss-reactive ketones (excluding diaryl/α,β-unsaturated/α-hetero) is 1. The standard InChI is InChI=1S/C5Cl3F7O2/c6-4(7,14)5(8,15)17-3(12,13)1(16)2(9,10)11. The van der Waals surface area contributed by atoms with E-state index in [4.69, 9.17) is 0 Å². The van der Waals surface area contributed by atoms with Crippen molar-refractivity contribution in [2.24, 2.45) is 0 Å². The molecule has 0 aliphatic rings. The van der Waals surface area contributed by atoms with E-state index in [-0.39, 0.29) is 0 Å². The van der Waals surface area contributed by atoms with Gasteiger partial charge in [-0.15, -0.1) is 0 Å². The van der Waals surface area contributed by atoms with E-state index in [9.17, 15) is 35.5 Å². The fourth-order valence-corrected chi connectivity index (χ4v) is 0.604. The predicted molar refractivity (Wildman–Crippen MR) is 42.3 cm³/mol. The Morgan fingerprint density at radius 2 is 1.24 bits per heavy atom. The number of halogens is 10. The minimum absolute atomic E-state index is 2.54. The molecular weight excluding hydrogens is 331 g/mol. The second-order valence-corrected chi connectivity index (χ2v) is 4.18. The van der Waals surface area contributed by atoms with E-state index in [1.165, 1.54) is 0 Å². The second-order valence-electron chi connectivity index (χ2n) is 2.46. The van der Waals surface area contributed by atoms with Crippen LogP contribution in [0.2, 0.25) is 0 Å². The van der Waals surface area contributed by atoms with Crippen molar-refractivity contribution in [1.29, 1.82) is 0 Å². The second kappa shape index (κ2) is 4.60. The summed E-state index contributed by atoms with van der Waals surface area (Å²) in [5.74, 6) is -3.80. The molecule has 0 spiro atoms. The van der Waals surface area contributed by atoms with Crippen molar-refractivity contribution in [3.63, 3.8) is 0 Å². The van der Waals surface area contributed by atoms with Crippen molar-refractivity contribution in [2.45, 2.75) is 22.2 Å². The number of ketones is 1. The van der Waals surface area contributed by atoms with E-state index >= 15 is 0 Å². The maximum atomic E-state index is 12.7. The number of carbonyl (C=O) groups excluding carboxylic acids is 1. The first-order chi connectivity index (χ1) is 7.11. The zero-order valence-corrected chi connectivity index (χ0v) is 9.36. The largest absolute Gasteiger partial charge is 0.459 e. The lowest BCUT2D eigenvalue weighted by molar-refractivity contribution is -0.309. The maximum Gasteiger partial charge on any atom is 0.459 e. The van der Waals surface area contributed by atoms with Crippen LogP contribution in [0, 0.1) is 0 Å². The number of ether oxygens (including phenoxy) is 1. The summed E-state index contributed by atoms with van der Waals surface area (Å²) in [4.78, 5) is 10.1. The Morgan fingerprint density at radius 3 is 1.47 bits per heavy atom. The highest BCUT2D eigenvalue weighted by molar-refractivity contribution is 6.51. The molecular formula is C5Cl3F7O2. The Morgan fingerprint density at radius 1 is 0.882 bits per heavy atom. The van der Waals surface area contributed by atoms with Crippen LogP contribution in [0.5, 0.6) is 0 Å². The summed E-state index contributed by atoms with van der Waals surface area (Å²) < 4.78 is 83.0. The maximum absolute atomic E-state index is 12.7. The van der Waals surface area contributed by atoms with E-state index < -0.39 is 28.0 Å². The van der Waals surface area contributed by atoms with Crippen molar-refractivity contribution in [1.82, 2.24) is 0 Å². The lowest BCUT2D eigenvalue weighted by Gasteiger charge is -2.27. The summed E-state index contributed by atoms with van der Waals surface area (Å²) in [7, 11) is 0. The first-order valence-corrected chi connectivity index (χ1v) is 4.39. The van der Waals surface area contributed by atoms with Gasteiger partial charge in [-0.1, -0.05) is 23.2 Å². The Kier molecular flexibility index (Phi) is 4.60. The van der Waals surface area contributed by atoms with Gasteiger partial charge in [0.2, 0.25) is 0 Å². The summed E-state index contributed by atoms with van der Waals surface area (Å²) in [5, 5.41) is -4.76. The number of hydrogen-bond acceptors (Lipinski definition) is 2. The third-order valence-electron chi connectivity index (χ3n) is 1.11. The minimum Gasteiger partial charge on any atom is -0.280 e. The van der Waals surface area contributed by atoms with Crippen molar-refractivity contribution < 1.29 is 40.3 Å². The molecule has 0 radical (unpaired) electrons. The average molecular weight is 331 g/mol. The highest BCUT2D eigenvalue weighted by Gasteiger charge is 2.64. The van der Waals surface area contributed by atoms with E-state index in [1.807, 2.05) is 0 Å². The van der Waals surface area contributed by atoms with Crippen LogP contribution in [0.1, 0.15) is 0 Å². The molecule has 0 saturated carbocycles. The van der Waals surface area contributed by atoms with Gasteiger partial charge in [-0.05, 0) is 11.6 Å². The summed E-state index contributed by atoms with van der Waals surface area (Å²) in [5.41, 5.74) is 0. The quantitative estimate of drug-likeness (QED) is 0.580. The van der Waals surface area contributed by atoms with E-state index in [2.05, 4.69) is 39.5 Å². The first-order valence-electron chi connectivity index (χ1n) is 3.25. The molecule has 1 atom stereocenters. The molecule has 0 bridgehead atoms. The fourth-order valence-electron chi connectivity index (χ4n) is 0.430. The molecule has 17 heavy (non-hydrogen) atoms. The van der Waals surface area contributed by atoms with Crippen LogP contribution >= 0.6 is 34.8 Å². The van der Waals surface area contributed by atoms with Gasteiger partial charge in [0.05, 0.1) is 0 Å². The summed E-state index contributed by atoms with van der Waals surface area (Å²) >= 11 is 12.8. The van der Waals surface area contributed by atoms with Crippen LogP contribution in [0.3, 0.4) is 0 Å². The summed E-state index contributed by atoms with van der Waals surface area (Å²) in [6, 6.07) is 0. The van der Waals surface area contributed by atoms with Gasteiger partial charge in [0.25, 0.3) is 0 Å². The molecule has 1 unspecified atom stereocenters. The van der Waals surface area contributed by atoms with Crippen LogP contribution < -0.4 is 0 Å². The number of hydrogen-bond donors (Lipinski definition) is 0. The van der Waals surface area contributed by atoms with Crippen LogP contribution in [-0.4, -0.2) is 28.0 Å². The minimum atomic E-state index is -6.06. The molecule has 0 fully saturated rings. The van der Waals surface area contributed by atoms with Gasteiger partial charge < -0.3 is 0 Å². The molecule has 12 heteroatoms. The molecule has 0 N–H and O–H groups in total. The number of alkyl halides is 10. The Hall–Kier alpha value is 0.01000. The van der Waals surface area contributed by atoms with Gasteiger partial charge in [-0.25, -0.2) is 0 Å². The third kappa shape index (κ3) is 4.31. The molecule has 0 heterocycles. The van der Waals surface area contributed by atoms with E-state index in [1.54, 1.807) is 0 Å². The van der Waals surface area contributed by atoms with Gasteiger partial charge in [-0.3, -0.25) is 9.53 Å². The molecule has 0 aromatic carbocycles. The topological polar surface area (TPSA) is 26.3 Å². The zero-order chi connectivity index (χ0) is 14.3. The lowest BCUT2D eigenvalue weighted by Crippen LogP contribution is -2.49. The first kappa shape index (κ1) is 17.0. The Bertz CT molecular complexity index is 308. The highest BCUT2D eigenvalue weighted by Crippen LogP contribution is 2.46. The van der Waals surface area contributed by atoms with Crippen LogP contribution in [-0.2, 0) is 9.53 Å². The van der Waals surface area contributed by atoms with Crippen molar-refractivity contribution >= 4 is 40.6 Å². The number of rotatable bonds is 4. The summed E-state index contributed by atoms with van der Waals surface area (Å²) in [6.07, 6.45) is -11.9.